The van der Waals surface area contributed by atoms with Crippen LogP contribution < -0.4 is 4.57 Å². The quantitative estimate of drug-likeness (QED) is 0.207. The van der Waals surface area contributed by atoms with Crippen molar-refractivity contribution in [1.82, 2.24) is 0 Å². The highest BCUT2D eigenvalue weighted by Gasteiger charge is 2.20. The average molecular weight is 511 g/mol. The van der Waals surface area contributed by atoms with Gasteiger partial charge >= 0.3 is 0 Å². The molecule has 1 aliphatic rings. The van der Waals surface area contributed by atoms with E-state index in [9.17, 15) is 0 Å². The lowest BCUT2D eigenvalue weighted by Crippen LogP contribution is -2.32. The van der Waals surface area contributed by atoms with Gasteiger partial charge in [0.2, 0.25) is 5.69 Å². The molecule has 39 heavy (non-hydrogen) atoms. The van der Waals surface area contributed by atoms with Crippen LogP contribution in [-0.4, -0.2) is 0 Å². The van der Waals surface area contributed by atoms with Crippen LogP contribution in [0.2, 0.25) is 0 Å². The Labute approximate surface area is 234 Å². The molecule has 0 unspecified atom stereocenters. The van der Waals surface area contributed by atoms with Crippen molar-refractivity contribution < 1.29 is 4.57 Å². The van der Waals surface area contributed by atoms with E-state index in [0.29, 0.717) is 5.92 Å². The molecule has 6 rings (SSSR count). The summed E-state index contributed by atoms with van der Waals surface area (Å²) in [6, 6.07) is 34.4. The van der Waals surface area contributed by atoms with Crippen LogP contribution in [0.25, 0.3) is 44.3 Å². The summed E-state index contributed by atoms with van der Waals surface area (Å²) in [6.07, 6.45) is 9.19. The van der Waals surface area contributed by atoms with Crippen LogP contribution in [0.4, 0.5) is 0 Å². The molecule has 1 aromatic heterocycles. The van der Waals surface area contributed by atoms with Gasteiger partial charge in [0.25, 0.3) is 0 Å². The van der Waals surface area contributed by atoms with E-state index in [4.69, 9.17) is 0 Å². The van der Waals surface area contributed by atoms with Crippen molar-refractivity contribution in [3.63, 3.8) is 0 Å². The van der Waals surface area contributed by atoms with Crippen molar-refractivity contribution in [2.45, 2.75) is 64.7 Å². The van der Waals surface area contributed by atoms with Crippen molar-refractivity contribution in [1.29, 1.82) is 0 Å². The lowest BCUT2D eigenvalue weighted by atomic mass is 9.83. The van der Waals surface area contributed by atoms with E-state index in [0.717, 1.165) is 5.92 Å². The molecule has 0 amide bonds. The topological polar surface area (TPSA) is 3.88 Å². The Morgan fingerprint density at radius 2 is 1.31 bits per heavy atom. The largest absolute Gasteiger partial charge is 0.213 e. The first kappa shape index (κ1) is 25.6. The summed E-state index contributed by atoms with van der Waals surface area (Å²) >= 11 is 0. The highest BCUT2D eigenvalue weighted by Crippen LogP contribution is 2.36. The van der Waals surface area contributed by atoms with Gasteiger partial charge in [0.15, 0.2) is 6.20 Å². The Morgan fingerprint density at radius 1 is 0.667 bits per heavy atom. The molecule has 196 valence electrons. The zero-order valence-electron chi connectivity index (χ0n) is 23.9. The molecule has 1 aliphatic carbocycles. The predicted octanol–water partition coefficient (Wildman–Crippen LogP) is 10.1. The number of aromatic nitrogens is 1. The minimum atomic E-state index is 0.437. The van der Waals surface area contributed by atoms with Crippen LogP contribution in [0.3, 0.4) is 0 Å². The highest BCUT2D eigenvalue weighted by molar-refractivity contribution is 5.91. The molecule has 5 aromatic rings. The van der Waals surface area contributed by atoms with E-state index in [1.807, 2.05) is 0 Å². The molecule has 1 saturated carbocycles. The second kappa shape index (κ2) is 10.8. The molecule has 1 heteroatoms. The van der Waals surface area contributed by atoms with Crippen LogP contribution in [0, 0.1) is 6.92 Å². The Balaban J connectivity index is 1.36. The molecule has 1 nitrogen and oxygen atoms in total. The number of nitrogens with zero attached hydrogens (tertiary/aromatic N) is 1. The van der Waals surface area contributed by atoms with Crippen molar-refractivity contribution >= 4 is 10.8 Å². The summed E-state index contributed by atoms with van der Waals surface area (Å²) in [6.45, 7) is 6.78. The fourth-order valence-electron chi connectivity index (χ4n) is 6.48. The van der Waals surface area contributed by atoms with E-state index in [1.54, 1.807) is 0 Å². The number of benzene rings is 4. The van der Waals surface area contributed by atoms with E-state index >= 15 is 0 Å². The molecule has 0 spiro atoms. The second-order valence-electron chi connectivity index (χ2n) is 11.8. The fourth-order valence-corrected chi connectivity index (χ4v) is 6.48. The van der Waals surface area contributed by atoms with Crippen LogP contribution in [0.15, 0.2) is 97.2 Å². The minimum Gasteiger partial charge on any atom is -0.201 e. The van der Waals surface area contributed by atoms with E-state index in [-0.39, 0.29) is 0 Å². The molecule has 0 N–H and O–H groups in total. The molecule has 4 aromatic carbocycles. The van der Waals surface area contributed by atoms with E-state index in [1.165, 1.54) is 93.1 Å². The fraction of sp³-hybridized carbons (Fsp3) is 0.289. The summed E-state index contributed by atoms with van der Waals surface area (Å²) < 4.78 is 2.29. The number of fused-ring (bicyclic) bond motifs is 1. The zero-order valence-corrected chi connectivity index (χ0v) is 23.9. The van der Waals surface area contributed by atoms with Crippen LogP contribution in [0.5, 0.6) is 0 Å². The van der Waals surface area contributed by atoms with Gasteiger partial charge in [-0.15, -0.1) is 0 Å². The maximum absolute atomic E-state index is 2.39. The first-order valence-corrected chi connectivity index (χ1v) is 14.7. The molecule has 1 fully saturated rings. The predicted molar refractivity (Wildman–Crippen MR) is 166 cm³/mol. The Kier molecular flexibility index (Phi) is 7.09. The Hall–Kier alpha value is -3.71. The highest BCUT2D eigenvalue weighted by atomic mass is 14.9. The van der Waals surface area contributed by atoms with E-state index < -0.39 is 0 Å². The molecule has 0 saturated heterocycles. The Morgan fingerprint density at radius 3 is 2.00 bits per heavy atom. The summed E-state index contributed by atoms with van der Waals surface area (Å²) in [4.78, 5) is 0. The number of pyridine rings is 1. The monoisotopic (exact) mass is 510 g/mol. The van der Waals surface area contributed by atoms with Crippen LogP contribution >= 0.6 is 0 Å². The van der Waals surface area contributed by atoms with Gasteiger partial charge in [-0.1, -0.05) is 99.8 Å². The standard InChI is InChI=1S/C38H40N/c1-26(2)37-25-39(4)38(35-13-9-8-10-27(35)3)24-36(37)34-21-20-32-22-31(18-19-33(32)23-34)30-16-14-29(15-17-30)28-11-6-5-7-12-28/h8-10,13-26,28H,5-7,11-12H2,1-4H3/q+1. The number of hydrogen-bond donors (Lipinski definition) is 0. The number of rotatable bonds is 5. The molecule has 0 aliphatic heterocycles. The third-order valence-electron chi connectivity index (χ3n) is 8.82. The molecular formula is C38H40N+. The van der Waals surface area contributed by atoms with Crippen molar-refractivity contribution in [3.05, 3.63) is 114 Å². The summed E-state index contributed by atoms with van der Waals surface area (Å²) in [5.41, 5.74) is 11.9. The van der Waals surface area contributed by atoms with Gasteiger partial charge in [0.05, 0.1) is 0 Å². The van der Waals surface area contributed by atoms with Gasteiger partial charge in [0, 0.05) is 17.2 Å². The van der Waals surface area contributed by atoms with Crippen LogP contribution in [0.1, 0.15) is 74.5 Å². The van der Waals surface area contributed by atoms with Gasteiger partial charge in [-0.25, -0.2) is 4.57 Å². The molecule has 0 bridgehead atoms. The third kappa shape index (κ3) is 5.15. The SMILES string of the molecule is Cc1ccccc1-c1cc(-c2ccc3cc(-c4ccc(C5CCCCC5)cc4)ccc3c2)c(C(C)C)c[n+]1C. The zero-order chi connectivity index (χ0) is 26.9. The summed E-state index contributed by atoms with van der Waals surface area (Å²) in [5.74, 6) is 1.19. The third-order valence-corrected chi connectivity index (χ3v) is 8.82. The van der Waals surface area contributed by atoms with E-state index in [2.05, 4.69) is 130 Å². The van der Waals surface area contributed by atoms with Crippen LogP contribution in [-0.2, 0) is 7.05 Å². The first-order chi connectivity index (χ1) is 19.0. The smallest absolute Gasteiger partial charge is 0.201 e. The van der Waals surface area contributed by atoms with Crippen molar-refractivity contribution in [2.24, 2.45) is 7.05 Å². The van der Waals surface area contributed by atoms with Gasteiger partial charge in [-0.05, 0) is 94.0 Å². The molecular weight excluding hydrogens is 470 g/mol. The lowest BCUT2D eigenvalue weighted by molar-refractivity contribution is -0.660. The van der Waals surface area contributed by atoms with Gasteiger partial charge < -0.3 is 0 Å². The summed E-state index contributed by atoms with van der Waals surface area (Å²) in [5, 5.41) is 2.58. The average Bonchev–Trinajstić information content (AvgIpc) is 2.97. The molecule has 0 radical (unpaired) electrons. The van der Waals surface area contributed by atoms with Gasteiger partial charge in [-0.2, -0.15) is 0 Å². The molecule has 1 heterocycles. The second-order valence-corrected chi connectivity index (χ2v) is 11.8. The summed E-state index contributed by atoms with van der Waals surface area (Å²) in [7, 11) is 2.17. The number of hydrogen-bond acceptors (Lipinski definition) is 0. The van der Waals surface area contributed by atoms with Gasteiger partial charge in [-0.3, -0.25) is 0 Å². The van der Waals surface area contributed by atoms with Crippen molar-refractivity contribution in [3.8, 4) is 33.5 Å². The minimum absolute atomic E-state index is 0.437. The van der Waals surface area contributed by atoms with Crippen molar-refractivity contribution in [2.75, 3.05) is 0 Å². The van der Waals surface area contributed by atoms with Gasteiger partial charge in [0.1, 0.15) is 7.05 Å². The molecule has 0 atom stereocenters. The Bertz CT molecular complexity index is 1620. The maximum Gasteiger partial charge on any atom is 0.213 e. The normalized spacial score (nSPS) is 14.3. The lowest BCUT2D eigenvalue weighted by Gasteiger charge is -2.22. The number of aryl methyl sites for hydroxylation is 2. The first-order valence-electron chi connectivity index (χ1n) is 14.7. The maximum atomic E-state index is 2.39.